The number of hydrogen-bond donors (Lipinski definition) is 1. The summed E-state index contributed by atoms with van der Waals surface area (Å²) in [6.07, 6.45) is 1.15. The molecule has 0 aromatic carbocycles. The smallest absolute Gasteiger partial charge is 0.241 e. The van der Waals surface area contributed by atoms with Crippen molar-refractivity contribution in [2.75, 3.05) is 6.54 Å². The van der Waals surface area contributed by atoms with Gasteiger partial charge in [0.05, 0.1) is 0 Å². The molecule has 4 nitrogen and oxygen atoms in total. The van der Waals surface area contributed by atoms with Crippen LogP contribution in [0.4, 0.5) is 0 Å². The second-order valence-corrected chi connectivity index (χ2v) is 3.64. The van der Waals surface area contributed by atoms with Gasteiger partial charge in [0.25, 0.3) is 0 Å². The molecule has 1 unspecified atom stereocenters. The van der Waals surface area contributed by atoms with E-state index >= 15 is 0 Å². The molecule has 1 fully saturated rings. The van der Waals surface area contributed by atoms with Crippen LogP contribution < -0.4 is 5.73 Å². The Kier molecular flexibility index (Phi) is 3.14. The number of nitrogens with two attached hydrogens (primary N) is 1. The van der Waals surface area contributed by atoms with Crippen LogP contribution in [0.25, 0.3) is 0 Å². The van der Waals surface area contributed by atoms with Gasteiger partial charge in [0.15, 0.2) is 0 Å². The van der Waals surface area contributed by atoms with E-state index in [1.54, 1.807) is 0 Å². The van der Waals surface area contributed by atoms with Gasteiger partial charge in [-0.05, 0) is 12.8 Å². The lowest BCUT2D eigenvalue weighted by Gasteiger charge is -2.23. The van der Waals surface area contributed by atoms with Crippen LogP contribution in [-0.2, 0) is 9.59 Å². The molecular weight excluding hydrogens is 192 g/mol. The van der Waals surface area contributed by atoms with Crippen LogP contribution in [0.15, 0.2) is 0 Å². The Balaban J connectivity index is 2.71. The molecule has 5 heteroatoms. The van der Waals surface area contributed by atoms with Crippen LogP contribution in [0.2, 0.25) is 0 Å². The minimum absolute atomic E-state index is 0.174. The van der Waals surface area contributed by atoms with Gasteiger partial charge >= 0.3 is 0 Å². The van der Waals surface area contributed by atoms with Crippen molar-refractivity contribution in [2.45, 2.75) is 31.2 Å². The van der Waals surface area contributed by atoms with Gasteiger partial charge in [-0.3, -0.25) is 9.59 Å². The molecule has 2 N–H and O–H groups in total. The fraction of sp³-hybridized carbons (Fsp3) is 0.750. The number of primary amides is 1. The first kappa shape index (κ1) is 10.3. The molecule has 0 saturated carbocycles. The van der Waals surface area contributed by atoms with Crippen molar-refractivity contribution in [2.24, 2.45) is 5.73 Å². The molecular formula is C8H13ClN2O2. The van der Waals surface area contributed by atoms with E-state index < -0.39 is 17.3 Å². The Bertz CT molecular complexity index is 232. The molecule has 2 atom stereocenters. The quantitative estimate of drug-likeness (QED) is 0.663. The van der Waals surface area contributed by atoms with Crippen molar-refractivity contribution < 1.29 is 9.59 Å². The van der Waals surface area contributed by atoms with Crippen LogP contribution in [-0.4, -0.2) is 34.7 Å². The number of carbonyl (C=O) groups excluding carboxylic acids is 2. The van der Waals surface area contributed by atoms with Gasteiger partial charge in [-0.15, -0.1) is 11.6 Å². The van der Waals surface area contributed by atoms with E-state index in [4.69, 9.17) is 17.3 Å². The molecule has 0 aromatic heterocycles. The summed E-state index contributed by atoms with van der Waals surface area (Å²) in [6.45, 7) is 2.36. The number of halogens is 1. The molecule has 0 radical (unpaired) electrons. The van der Waals surface area contributed by atoms with E-state index in [1.807, 2.05) is 6.92 Å². The highest BCUT2D eigenvalue weighted by Gasteiger charge is 2.35. The summed E-state index contributed by atoms with van der Waals surface area (Å²) in [5.74, 6) is -0.631. The van der Waals surface area contributed by atoms with E-state index in [1.165, 1.54) is 4.90 Å². The zero-order valence-electron chi connectivity index (χ0n) is 7.50. The SMILES string of the molecule is CC[C@@H](C(N)=O)N1CCC(Cl)C1=O. The molecule has 13 heavy (non-hydrogen) atoms. The number of carbonyl (C=O) groups is 2. The number of amides is 2. The molecule has 1 rings (SSSR count). The molecule has 0 aromatic rings. The molecule has 0 bridgehead atoms. The summed E-state index contributed by atoms with van der Waals surface area (Å²) in [4.78, 5) is 23.8. The average Bonchev–Trinajstić information content (AvgIpc) is 2.37. The Morgan fingerprint density at radius 3 is 2.77 bits per heavy atom. The molecule has 1 aliphatic heterocycles. The minimum Gasteiger partial charge on any atom is -0.368 e. The summed E-state index contributed by atoms with van der Waals surface area (Å²) in [5, 5.41) is -0.478. The van der Waals surface area contributed by atoms with Crippen LogP contribution in [0.3, 0.4) is 0 Å². The summed E-state index contributed by atoms with van der Waals surface area (Å²) >= 11 is 5.72. The van der Waals surface area contributed by atoms with Crippen LogP contribution >= 0.6 is 11.6 Å². The van der Waals surface area contributed by atoms with Gasteiger partial charge in [-0.1, -0.05) is 6.92 Å². The van der Waals surface area contributed by atoms with Gasteiger partial charge < -0.3 is 10.6 Å². The number of alkyl halides is 1. The fourth-order valence-corrected chi connectivity index (χ4v) is 1.77. The standard InChI is InChI=1S/C8H13ClN2O2/c1-2-6(7(10)12)11-4-3-5(9)8(11)13/h5-6H,2-4H2,1H3,(H2,10,12)/t5?,6-/m0/s1. The minimum atomic E-state index is -0.490. The molecule has 1 heterocycles. The lowest BCUT2D eigenvalue weighted by atomic mass is 10.2. The first-order valence-electron chi connectivity index (χ1n) is 4.31. The summed E-state index contributed by atoms with van der Waals surface area (Å²) in [6, 6.07) is -0.490. The molecule has 74 valence electrons. The van der Waals surface area contributed by atoms with Gasteiger partial charge in [-0.25, -0.2) is 0 Å². The highest BCUT2D eigenvalue weighted by molar-refractivity contribution is 6.31. The van der Waals surface area contributed by atoms with Crippen LogP contribution in [0, 0.1) is 0 Å². The first-order valence-corrected chi connectivity index (χ1v) is 4.75. The van der Waals surface area contributed by atoms with Crippen LogP contribution in [0.1, 0.15) is 19.8 Å². The Labute approximate surface area is 82.0 Å². The number of likely N-dealkylation sites (tertiary alicyclic amines) is 1. The van der Waals surface area contributed by atoms with E-state index in [0.717, 1.165) is 0 Å². The Morgan fingerprint density at radius 2 is 2.46 bits per heavy atom. The van der Waals surface area contributed by atoms with Gasteiger partial charge in [0.1, 0.15) is 11.4 Å². The third-order valence-corrected chi connectivity index (χ3v) is 2.67. The van der Waals surface area contributed by atoms with Crippen molar-refractivity contribution in [3.05, 3.63) is 0 Å². The predicted molar refractivity (Wildman–Crippen MR) is 49.2 cm³/mol. The lowest BCUT2D eigenvalue weighted by molar-refractivity contribution is -0.135. The first-order chi connectivity index (χ1) is 6.07. The van der Waals surface area contributed by atoms with E-state index in [2.05, 4.69) is 0 Å². The molecule has 1 aliphatic rings. The van der Waals surface area contributed by atoms with Crippen molar-refractivity contribution in [1.82, 2.24) is 4.90 Å². The van der Waals surface area contributed by atoms with Crippen molar-refractivity contribution in [3.8, 4) is 0 Å². The topological polar surface area (TPSA) is 63.4 Å². The van der Waals surface area contributed by atoms with Gasteiger partial charge in [0, 0.05) is 6.54 Å². The monoisotopic (exact) mass is 204 g/mol. The van der Waals surface area contributed by atoms with Crippen LogP contribution in [0.5, 0.6) is 0 Å². The fourth-order valence-electron chi connectivity index (χ4n) is 1.55. The van der Waals surface area contributed by atoms with Gasteiger partial charge in [0.2, 0.25) is 11.8 Å². The lowest BCUT2D eigenvalue weighted by Crippen LogP contribution is -2.45. The molecule has 0 spiro atoms. The zero-order valence-corrected chi connectivity index (χ0v) is 8.25. The summed E-state index contributed by atoms with van der Waals surface area (Å²) in [7, 11) is 0. The Morgan fingerprint density at radius 1 is 1.85 bits per heavy atom. The highest BCUT2D eigenvalue weighted by atomic mass is 35.5. The maximum atomic E-state index is 11.4. The van der Waals surface area contributed by atoms with E-state index in [9.17, 15) is 9.59 Å². The number of rotatable bonds is 3. The summed E-state index contributed by atoms with van der Waals surface area (Å²) in [5.41, 5.74) is 5.16. The van der Waals surface area contributed by atoms with Crippen molar-refractivity contribution in [1.29, 1.82) is 0 Å². The van der Waals surface area contributed by atoms with Crippen molar-refractivity contribution >= 4 is 23.4 Å². The molecule has 2 amide bonds. The maximum Gasteiger partial charge on any atom is 0.241 e. The van der Waals surface area contributed by atoms with E-state index in [0.29, 0.717) is 19.4 Å². The van der Waals surface area contributed by atoms with E-state index in [-0.39, 0.29) is 5.91 Å². The van der Waals surface area contributed by atoms with Gasteiger partial charge in [-0.2, -0.15) is 0 Å². The maximum absolute atomic E-state index is 11.4. The highest BCUT2D eigenvalue weighted by Crippen LogP contribution is 2.20. The Hall–Kier alpha value is -0.770. The third-order valence-electron chi connectivity index (χ3n) is 2.27. The second kappa shape index (κ2) is 3.96. The second-order valence-electron chi connectivity index (χ2n) is 3.11. The number of nitrogens with zero attached hydrogens (tertiary/aromatic N) is 1. The zero-order chi connectivity index (χ0) is 10.0. The largest absolute Gasteiger partial charge is 0.368 e. The molecule has 0 aliphatic carbocycles. The summed E-state index contributed by atoms with van der Waals surface area (Å²) < 4.78 is 0. The normalized spacial score (nSPS) is 24.9. The number of hydrogen-bond acceptors (Lipinski definition) is 2. The average molecular weight is 205 g/mol. The third kappa shape index (κ3) is 1.94. The van der Waals surface area contributed by atoms with Crippen molar-refractivity contribution in [3.63, 3.8) is 0 Å². The predicted octanol–water partition coefficient (Wildman–Crippen LogP) is 0.0900. The molecule has 1 saturated heterocycles.